The third kappa shape index (κ3) is 3.68. The van der Waals surface area contributed by atoms with E-state index < -0.39 is 0 Å². The van der Waals surface area contributed by atoms with Gasteiger partial charge in [-0.15, -0.1) is 11.8 Å². The minimum Gasteiger partial charge on any atom is -0.295 e. The maximum Gasteiger partial charge on any atom is 0.159 e. The molecule has 1 aromatic heterocycles. The van der Waals surface area contributed by atoms with E-state index in [1.165, 1.54) is 5.56 Å². The summed E-state index contributed by atoms with van der Waals surface area (Å²) in [6, 6.07) is 9.75. The number of pyridine rings is 1. The zero-order chi connectivity index (χ0) is 13.0. The largest absolute Gasteiger partial charge is 0.295 e. The lowest BCUT2D eigenvalue weighted by Crippen LogP contribution is -1.90. The third-order valence-electron chi connectivity index (χ3n) is 2.43. The molecule has 0 bridgehead atoms. The molecular weight excluding hydrogens is 310 g/mol. The van der Waals surface area contributed by atoms with Crippen LogP contribution in [0.25, 0.3) is 0 Å². The molecule has 0 aliphatic carbocycles. The zero-order valence-corrected chi connectivity index (χ0v) is 12.3. The quantitative estimate of drug-likeness (QED) is 0.619. The van der Waals surface area contributed by atoms with Crippen molar-refractivity contribution in [2.45, 2.75) is 17.6 Å². The molecule has 1 aromatic carbocycles. The van der Waals surface area contributed by atoms with Gasteiger partial charge in [0.05, 0.1) is 0 Å². The molecule has 0 radical (unpaired) electrons. The van der Waals surface area contributed by atoms with Crippen LogP contribution in [0.15, 0.2) is 52.1 Å². The van der Waals surface area contributed by atoms with Gasteiger partial charge in [-0.25, -0.2) is 0 Å². The van der Waals surface area contributed by atoms with E-state index in [2.05, 4.69) is 27.0 Å². The summed E-state index contributed by atoms with van der Waals surface area (Å²) in [5.74, 6) is 0.967. The summed E-state index contributed by atoms with van der Waals surface area (Å²) in [6.07, 6.45) is 3.64. The van der Waals surface area contributed by atoms with Gasteiger partial charge in [-0.3, -0.25) is 9.78 Å². The predicted octanol–water partition coefficient (Wildman–Crippen LogP) is 4.34. The van der Waals surface area contributed by atoms with E-state index in [0.29, 0.717) is 0 Å². The lowest BCUT2D eigenvalue weighted by atomic mass is 10.2. The molecular formula is C14H12BrNOS. The monoisotopic (exact) mass is 321 g/mol. The maximum absolute atomic E-state index is 11.2. The van der Waals surface area contributed by atoms with Gasteiger partial charge in [-0.05, 0) is 46.6 Å². The number of thioether (sulfide) groups is 1. The van der Waals surface area contributed by atoms with Gasteiger partial charge in [0.25, 0.3) is 0 Å². The van der Waals surface area contributed by atoms with Crippen LogP contribution in [-0.4, -0.2) is 10.8 Å². The third-order valence-corrected chi connectivity index (χ3v) is 3.94. The predicted molar refractivity (Wildman–Crippen MR) is 77.9 cm³/mol. The van der Waals surface area contributed by atoms with Crippen molar-refractivity contribution in [1.82, 2.24) is 4.98 Å². The smallest absolute Gasteiger partial charge is 0.159 e. The van der Waals surface area contributed by atoms with Crippen molar-refractivity contribution >= 4 is 33.5 Å². The molecule has 1 heterocycles. The molecule has 0 atom stereocenters. The van der Waals surface area contributed by atoms with Crippen LogP contribution in [0.3, 0.4) is 0 Å². The summed E-state index contributed by atoms with van der Waals surface area (Å²) in [5, 5.41) is 0. The van der Waals surface area contributed by atoms with E-state index in [4.69, 9.17) is 0 Å². The molecule has 0 aliphatic heterocycles. The lowest BCUT2D eigenvalue weighted by Gasteiger charge is -2.03. The molecule has 18 heavy (non-hydrogen) atoms. The summed E-state index contributed by atoms with van der Waals surface area (Å²) < 4.78 is 0.993. The Hall–Kier alpha value is -1.13. The molecule has 0 aliphatic rings. The van der Waals surface area contributed by atoms with Crippen molar-refractivity contribution in [3.05, 3.63) is 58.3 Å². The van der Waals surface area contributed by atoms with Crippen molar-refractivity contribution in [2.75, 3.05) is 0 Å². The fourth-order valence-electron chi connectivity index (χ4n) is 1.49. The molecule has 0 unspecified atom stereocenters. The van der Waals surface area contributed by atoms with Crippen LogP contribution in [0.2, 0.25) is 0 Å². The first-order valence-corrected chi connectivity index (χ1v) is 7.26. The van der Waals surface area contributed by atoms with Gasteiger partial charge < -0.3 is 0 Å². The second-order valence-corrected chi connectivity index (χ2v) is 5.85. The van der Waals surface area contributed by atoms with E-state index in [1.807, 2.05) is 30.5 Å². The first kappa shape index (κ1) is 13.3. The van der Waals surface area contributed by atoms with Gasteiger partial charge >= 0.3 is 0 Å². The summed E-state index contributed by atoms with van der Waals surface area (Å²) in [6.45, 7) is 1.58. The van der Waals surface area contributed by atoms with Crippen molar-refractivity contribution in [2.24, 2.45) is 0 Å². The molecule has 2 nitrogen and oxygen atoms in total. The van der Waals surface area contributed by atoms with Crippen molar-refractivity contribution in [3.8, 4) is 0 Å². The number of hydrogen-bond acceptors (Lipinski definition) is 3. The van der Waals surface area contributed by atoms with Crippen LogP contribution < -0.4 is 0 Å². The first-order valence-electron chi connectivity index (χ1n) is 5.48. The van der Waals surface area contributed by atoms with Crippen LogP contribution >= 0.6 is 27.7 Å². The summed E-state index contributed by atoms with van der Waals surface area (Å²) in [5.41, 5.74) is 1.92. The highest BCUT2D eigenvalue weighted by Gasteiger charge is 2.01. The van der Waals surface area contributed by atoms with Crippen molar-refractivity contribution < 1.29 is 4.79 Å². The van der Waals surface area contributed by atoms with Crippen LogP contribution in [0, 0.1) is 0 Å². The maximum atomic E-state index is 11.2. The Morgan fingerprint density at radius 3 is 2.61 bits per heavy atom. The molecule has 0 saturated heterocycles. The van der Waals surface area contributed by atoms with E-state index in [-0.39, 0.29) is 5.78 Å². The summed E-state index contributed by atoms with van der Waals surface area (Å²) in [4.78, 5) is 16.4. The molecule has 2 aromatic rings. The Bertz CT molecular complexity index is 554. The van der Waals surface area contributed by atoms with Crippen LogP contribution in [0.5, 0.6) is 0 Å². The number of halogens is 1. The molecule has 4 heteroatoms. The van der Waals surface area contributed by atoms with Gasteiger partial charge in [-0.1, -0.05) is 12.1 Å². The number of Topliss-reactive ketones (excluding diaryl/α,β-unsaturated/α-hetero) is 1. The highest BCUT2D eigenvalue weighted by atomic mass is 79.9. The fourth-order valence-corrected chi connectivity index (χ4v) is 2.72. The molecule has 2 rings (SSSR count). The summed E-state index contributed by atoms with van der Waals surface area (Å²) in [7, 11) is 0. The SMILES string of the molecule is CC(=O)c1ccc(SCc2cncc(Br)c2)cc1. The number of rotatable bonds is 4. The van der Waals surface area contributed by atoms with E-state index in [1.54, 1.807) is 24.9 Å². The number of nitrogens with zero attached hydrogens (tertiary/aromatic N) is 1. The number of benzene rings is 1. The number of carbonyl (C=O) groups excluding carboxylic acids is 1. The van der Waals surface area contributed by atoms with E-state index >= 15 is 0 Å². The van der Waals surface area contributed by atoms with E-state index in [0.717, 1.165) is 20.7 Å². The number of carbonyl (C=O) groups is 1. The Morgan fingerprint density at radius 1 is 1.28 bits per heavy atom. The molecule has 0 spiro atoms. The number of aromatic nitrogens is 1. The first-order chi connectivity index (χ1) is 8.65. The highest BCUT2D eigenvalue weighted by molar-refractivity contribution is 9.10. The summed E-state index contributed by atoms with van der Waals surface area (Å²) >= 11 is 5.14. The number of hydrogen-bond donors (Lipinski definition) is 0. The lowest BCUT2D eigenvalue weighted by molar-refractivity contribution is 0.101. The second-order valence-electron chi connectivity index (χ2n) is 3.88. The van der Waals surface area contributed by atoms with E-state index in [9.17, 15) is 4.79 Å². The molecule has 0 N–H and O–H groups in total. The Kier molecular flexibility index (Phi) is 4.55. The standard InChI is InChI=1S/C14H12BrNOS/c1-10(17)12-2-4-14(5-3-12)18-9-11-6-13(15)8-16-7-11/h2-8H,9H2,1H3. The Balaban J connectivity index is 2.00. The van der Waals surface area contributed by atoms with Gasteiger partial charge in [0.15, 0.2) is 5.78 Å². The van der Waals surface area contributed by atoms with Crippen LogP contribution in [-0.2, 0) is 5.75 Å². The average Bonchev–Trinajstić information content (AvgIpc) is 2.37. The minimum absolute atomic E-state index is 0.0998. The fraction of sp³-hybridized carbons (Fsp3) is 0.143. The van der Waals surface area contributed by atoms with Gasteiger partial charge in [0.2, 0.25) is 0 Å². The van der Waals surface area contributed by atoms with Gasteiger partial charge in [-0.2, -0.15) is 0 Å². The van der Waals surface area contributed by atoms with Gasteiger partial charge in [0, 0.05) is 33.1 Å². The topological polar surface area (TPSA) is 30.0 Å². The zero-order valence-electron chi connectivity index (χ0n) is 9.89. The molecule has 0 saturated carbocycles. The van der Waals surface area contributed by atoms with Crippen molar-refractivity contribution in [3.63, 3.8) is 0 Å². The van der Waals surface area contributed by atoms with Crippen LogP contribution in [0.1, 0.15) is 22.8 Å². The van der Waals surface area contributed by atoms with Crippen molar-refractivity contribution in [1.29, 1.82) is 0 Å². The molecule has 0 fully saturated rings. The van der Waals surface area contributed by atoms with Gasteiger partial charge in [0.1, 0.15) is 0 Å². The minimum atomic E-state index is 0.0998. The Labute approximate surface area is 119 Å². The van der Waals surface area contributed by atoms with Crippen LogP contribution in [0.4, 0.5) is 0 Å². The second kappa shape index (κ2) is 6.16. The average molecular weight is 322 g/mol. The molecule has 0 amide bonds. The Morgan fingerprint density at radius 2 is 2.00 bits per heavy atom. The highest BCUT2D eigenvalue weighted by Crippen LogP contribution is 2.24. The molecule has 92 valence electrons. The normalized spacial score (nSPS) is 10.3. The number of ketones is 1.